The second kappa shape index (κ2) is 3.62. The molecule has 0 fully saturated rings. The van der Waals surface area contributed by atoms with Crippen LogP contribution in [-0.4, -0.2) is 9.55 Å². The Morgan fingerprint density at radius 1 is 1.31 bits per heavy atom. The van der Waals surface area contributed by atoms with Crippen LogP contribution in [0.15, 0.2) is 24.7 Å². The molecule has 80 valence electrons. The van der Waals surface area contributed by atoms with Gasteiger partial charge in [-0.05, 0) is 12.1 Å². The summed E-state index contributed by atoms with van der Waals surface area (Å²) in [7, 11) is 0. The molecule has 0 saturated heterocycles. The summed E-state index contributed by atoms with van der Waals surface area (Å²) in [5, 5.41) is 8.55. The van der Waals surface area contributed by atoms with Gasteiger partial charge in [0, 0.05) is 11.9 Å². The van der Waals surface area contributed by atoms with Crippen LogP contribution in [0.4, 0.5) is 14.5 Å². The summed E-state index contributed by atoms with van der Waals surface area (Å²) in [5.74, 6) is -1.61. The molecule has 0 aliphatic carbocycles. The highest BCUT2D eigenvalue weighted by molar-refractivity contribution is 5.48. The second-order valence-corrected chi connectivity index (χ2v) is 3.11. The van der Waals surface area contributed by atoms with E-state index in [2.05, 4.69) is 4.98 Å². The standard InChI is InChI=1S/C10H6F2N4/c11-8-1-6(14)2-9(12)10(8)16-4-7(3-13)15-5-16/h1-2,4-5H,14H2. The maximum absolute atomic E-state index is 13.5. The molecule has 6 heteroatoms. The van der Waals surface area contributed by atoms with Crippen LogP contribution in [0.1, 0.15) is 5.69 Å². The minimum atomic E-state index is -0.806. The van der Waals surface area contributed by atoms with E-state index in [-0.39, 0.29) is 17.1 Å². The molecule has 0 unspecified atom stereocenters. The molecule has 2 N–H and O–H groups in total. The van der Waals surface area contributed by atoms with Crippen molar-refractivity contribution in [1.82, 2.24) is 9.55 Å². The first-order chi connectivity index (χ1) is 7.61. The van der Waals surface area contributed by atoms with Crippen LogP contribution >= 0.6 is 0 Å². The zero-order chi connectivity index (χ0) is 11.7. The number of nitrogens with two attached hydrogens (primary N) is 1. The number of imidazole rings is 1. The Morgan fingerprint density at radius 3 is 2.44 bits per heavy atom. The number of rotatable bonds is 1. The van der Waals surface area contributed by atoms with E-state index in [1.54, 1.807) is 6.07 Å². The first-order valence-electron chi connectivity index (χ1n) is 4.31. The molecule has 1 aromatic heterocycles. The molecule has 16 heavy (non-hydrogen) atoms. The monoisotopic (exact) mass is 220 g/mol. The van der Waals surface area contributed by atoms with Gasteiger partial charge in [-0.1, -0.05) is 0 Å². The van der Waals surface area contributed by atoms with E-state index in [1.165, 1.54) is 6.20 Å². The molecule has 0 aliphatic rings. The second-order valence-electron chi connectivity index (χ2n) is 3.11. The maximum atomic E-state index is 13.5. The van der Waals surface area contributed by atoms with Crippen LogP contribution in [0, 0.1) is 23.0 Å². The topological polar surface area (TPSA) is 67.6 Å². The van der Waals surface area contributed by atoms with Gasteiger partial charge in [0.2, 0.25) is 0 Å². The number of hydrogen-bond donors (Lipinski definition) is 1. The molecule has 2 aromatic rings. The fourth-order valence-corrected chi connectivity index (χ4v) is 1.33. The van der Waals surface area contributed by atoms with E-state index in [4.69, 9.17) is 11.0 Å². The Morgan fingerprint density at radius 2 is 1.94 bits per heavy atom. The van der Waals surface area contributed by atoms with Crippen molar-refractivity contribution in [3.8, 4) is 11.8 Å². The lowest BCUT2D eigenvalue weighted by atomic mass is 10.2. The van der Waals surface area contributed by atoms with Crippen molar-refractivity contribution in [1.29, 1.82) is 5.26 Å². The van der Waals surface area contributed by atoms with E-state index in [0.29, 0.717) is 0 Å². The van der Waals surface area contributed by atoms with Gasteiger partial charge in [0.25, 0.3) is 0 Å². The average Bonchev–Trinajstić information content (AvgIpc) is 2.64. The fraction of sp³-hybridized carbons (Fsp3) is 0. The van der Waals surface area contributed by atoms with Gasteiger partial charge in [-0.2, -0.15) is 5.26 Å². The summed E-state index contributed by atoms with van der Waals surface area (Å²) in [4.78, 5) is 3.65. The van der Waals surface area contributed by atoms with Gasteiger partial charge in [0.05, 0.1) is 0 Å². The zero-order valence-electron chi connectivity index (χ0n) is 7.98. The van der Waals surface area contributed by atoms with E-state index < -0.39 is 11.6 Å². The molecule has 0 radical (unpaired) electrons. The Bertz CT molecular complexity index is 560. The Labute approximate surface area is 89.6 Å². The summed E-state index contributed by atoms with van der Waals surface area (Å²) in [6.07, 6.45) is 2.40. The number of hydrogen-bond acceptors (Lipinski definition) is 3. The van der Waals surface area contributed by atoms with Crippen molar-refractivity contribution >= 4 is 5.69 Å². The normalized spacial score (nSPS) is 10.1. The molecule has 0 bridgehead atoms. The number of benzene rings is 1. The van der Waals surface area contributed by atoms with Crippen LogP contribution in [0.25, 0.3) is 5.69 Å². The molecular weight excluding hydrogens is 214 g/mol. The molecule has 1 heterocycles. The van der Waals surface area contributed by atoms with Crippen molar-refractivity contribution in [2.45, 2.75) is 0 Å². The number of aromatic nitrogens is 2. The van der Waals surface area contributed by atoms with E-state index >= 15 is 0 Å². The third kappa shape index (κ3) is 1.59. The Kier molecular flexibility index (Phi) is 2.29. The van der Waals surface area contributed by atoms with E-state index in [0.717, 1.165) is 23.0 Å². The van der Waals surface area contributed by atoms with Gasteiger partial charge in [0.15, 0.2) is 17.3 Å². The minimum absolute atomic E-state index is 0.000582. The van der Waals surface area contributed by atoms with Gasteiger partial charge in [-0.25, -0.2) is 13.8 Å². The molecule has 2 rings (SSSR count). The van der Waals surface area contributed by atoms with Crippen molar-refractivity contribution in [2.24, 2.45) is 0 Å². The highest BCUT2D eigenvalue weighted by Gasteiger charge is 2.12. The molecule has 4 nitrogen and oxygen atoms in total. The lowest BCUT2D eigenvalue weighted by Gasteiger charge is -2.06. The molecular formula is C10H6F2N4. The maximum Gasteiger partial charge on any atom is 0.158 e. The summed E-state index contributed by atoms with van der Waals surface area (Å²) < 4.78 is 28.0. The summed E-state index contributed by atoms with van der Waals surface area (Å²) >= 11 is 0. The van der Waals surface area contributed by atoms with E-state index in [9.17, 15) is 8.78 Å². The van der Waals surface area contributed by atoms with Crippen LogP contribution in [0.2, 0.25) is 0 Å². The van der Waals surface area contributed by atoms with Crippen LogP contribution in [0.3, 0.4) is 0 Å². The first-order valence-corrected chi connectivity index (χ1v) is 4.31. The third-order valence-corrected chi connectivity index (χ3v) is 1.99. The van der Waals surface area contributed by atoms with Crippen molar-refractivity contribution in [3.63, 3.8) is 0 Å². The number of anilines is 1. The molecule has 0 atom stereocenters. The number of nitrogen functional groups attached to an aromatic ring is 1. The lowest BCUT2D eigenvalue weighted by Crippen LogP contribution is -2.01. The summed E-state index contributed by atoms with van der Waals surface area (Å²) in [5.41, 5.74) is 5.06. The van der Waals surface area contributed by atoms with E-state index in [1.807, 2.05) is 0 Å². The summed E-state index contributed by atoms with van der Waals surface area (Å²) in [6, 6.07) is 3.77. The first kappa shape index (κ1) is 10.1. The van der Waals surface area contributed by atoms with Crippen molar-refractivity contribution < 1.29 is 8.78 Å². The molecule has 0 spiro atoms. The van der Waals surface area contributed by atoms with Gasteiger partial charge in [0.1, 0.15) is 18.1 Å². The molecule has 0 aliphatic heterocycles. The number of nitriles is 1. The van der Waals surface area contributed by atoms with Crippen molar-refractivity contribution in [3.05, 3.63) is 42.0 Å². The quantitative estimate of drug-likeness (QED) is 0.742. The third-order valence-electron chi connectivity index (χ3n) is 1.99. The largest absolute Gasteiger partial charge is 0.399 e. The highest BCUT2D eigenvalue weighted by Crippen LogP contribution is 2.20. The Hall–Kier alpha value is -2.42. The van der Waals surface area contributed by atoms with Crippen LogP contribution in [-0.2, 0) is 0 Å². The fourth-order valence-electron chi connectivity index (χ4n) is 1.33. The zero-order valence-corrected chi connectivity index (χ0v) is 7.98. The lowest BCUT2D eigenvalue weighted by molar-refractivity contribution is 0.570. The van der Waals surface area contributed by atoms with Crippen LogP contribution < -0.4 is 5.73 Å². The van der Waals surface area contributed by atoms with Gasteiger partial charge in [-0.3, -0.25) is 4.57 Å². The molecule has 0 saturated carbocycles. The highest BCUT2D eigenvalue weighted by atomic mass is 19.1. The summed E-state index contributed by atoms with van der Waals surface area (Å²) in [6.45, 7) is 0. The number of halogens is 2. The van der Waals surface area contributed by atoms with Gasteiger partial charge in [-0.15, -0.1) is 0 Å². The molecule has 1 aromatic carbocycles. The predicted molar refractivity (Wildman–Crippen MR) is 52.6 cm³/mol. The minimum Gasteiger partial charge on any atom is -0.399 e. The number of nitrogens with zero attached hydrogens (tertiary/aromatic N) is 3. The SMILES string of the molecule is N#Cc1cn(-c2c(F)cc(N)cc2F)cn1. The van der Waals surface area contributed by atoms with Crippen LogP contribution in [0.5, 0.6) is 0 Å². The molecule has 0 amide bonds. The predicted octanol–water partition coefficient (Wildman–Crippen LogP) is 1.60. The average molecular weight is 220 g/mol. The Balaban J connectivity index is 2.60. The van der Waals surface area contributed by atoms with Crippen molar-refractivity contribution in [2.75, 3.05) is 5.73 Å². The smallest absolute Gasteiger partial charge is 0.158 e. The van der Waals surface area contributed by atoms with Gasteiger partial charge < -0.3 is 5.73 Å². The van der Waals surface area contributed by atoms with Gasteiger partial charge >= 0.3 is 0 Å².